The average Bonchev–Trinajstić information content (AvgIpc) is 2.92. The van der Waals surface area contributed by atoms with Crippen molar-refractivity contribution < 1.29 is 9.53 Å². The van der Waals surface area contributed by atoms with Gasteiger partial charge in [0.1, 0.15) is 0 Å². The van der Waals surface area contributed by atoms with Gasteiger partial charge in [0.25, 0.3) is 0 Å². The van der Waals surface area contributed by atoms with E-state index < -0.39 is 5.97 Å². The molecule has 2 aromatic rings. The lowest BCUT2D eigenvalue weighted by Crippen LogP contribution is -2.05. The number of carbonyl (C=O) groups excluding carboxylic acids is 1. The highest BCUT2D eigenvalue weighted by atomic mass is 35.5. The summed E-state index contributed by atoms with van der Waals surface area (Å²) < 4.78 is 6.88. The first-order chi connectivity index (χ1) is 9.70. The highest BCUT2D eigenvalue weighted by molar-refractivity contribution is 6.33. The molecule has 0 saturated carbocycles. The van der Waals surface area contributed by atoms with Gasteiger partial charge in [-0.05, 0) is 24.6 Å². The molecule has 0 bridgehead atoms. The fourth-order valence-corrected chi connectivity index (χ4v) is 1.98. The van der Waals surface area contributed by atoms with Crippen LogP contribution in [0, 0.1) is 0 Å². The first-order valence-corrected chi connectivity index (χ1v) is 6.67. The highest BCUT2D eigenvalue weighted by Gasteiger charge is 2.10. The molecule has 1 aromatic carbocycles. The fourth-order valence-electron chi connectivity index (χ4n) is 1.71. The number of rotatable bonds is 5. The molecule has 0 fully saturated rings. The van der Waals surface area contributed by atoms with Gasteiger partial charge in [-0.2, -0.15) is 0 Å². The molecule has 4 nitrogen and oxygen atoms in total. The zero-order chi connectivity index (χ0) is 14.4. The summed E-state index contributed by atoms with van der Waals surface area (Å²) in [6.07, 6.45) is 9.32. The number of nitrogens with zero attached hydrogens (tertiary/aromatic N) is 2. The van der Waals surface area contributed by atoms with Crippen molar-refractivity contribution in [2.75, 3.05) is 6.61 Å². The van der Waals surface area contributed by atoms with Gasteiger partial charge in [-0.1, -0.05) is 29.8 Å². The number of imidazole rings is 1. The maximum atomic E-state index is 11.6. The number of ether oxygens (including phenoxy) is 1. The summed E-state index contributed by atoms with van der Waals surface area (Å²) in [6, 6.07) is 5.26. The minimum atomic E-state index is -0.397. The van der Waals surface area contributed by atoms with Crippen LogP contribution in [0.5, 0.6) is 0 Å². The van der Waals surface area contributed by atoms with Crippen molar-refractivity contribution in [3.8, 4) is 0 Å². The van der Waals surface area contributed by atoms with Gasteiger partial charge >= 0.3 is 5.97 Å². The summed E-state index contributed by atoms with van der Waals surface area (Å²) in [5, 5.41) is 0.397. The summed E-state index contributed by atoms with van der Waals surface area (Å²) >= 11 is 6.09. The van der Waals surface area contributed by atoms with Gasteiger partial charge in [-0.25, -0.2) is 9.78 Å². The molecule has 0 spiro atoms. The Kier molecular flexibility index (Phi) is 4.96. The molecule has 1 heterocycles. The van der Waals surface area contributed by atoms with Crippen LogP contribution in [0.1, 0.15) is 22.8 Å². The number of carbonyl (C=O) groups is 1. The molecule has 0 amide bonds. The van der Waals surface area contributed by atoms with Crippen LogP contribution in [-0.2, 0) is 11.3 Å². The Bertz CT molecular complexity index is 606. The third-order valence-corrected chi connectivity index (χ3v) is 2.99. The quantitative estimate of drug-likeness (QED) is 0.793. The van der Waals surface area contributed by atoms with Gasteiger partial charge in [-0.15, -0.1) is 0 Å². The third kappa shape index (κ3) is 3.71. The van der Waals surface area contributed by atoms with Crippen molar-refractivity contribution in [3.63, 3.8) is 0 Å². The Morgan fingerprint density at radius 2 is 2.35 bits per heavy atom. The minimum absolute atomic E-state index is 0.335. The molecule has 0 N–H and O–H groups in total. The van der Waals surface area contributed by atoms with Crippen molar-refractivity contribution in [3.05, 3.63) is 59.1 Å². The Labute approximate surface area is 122 Å². The van der Waals surface area contributed by atoms with E-state index in [1.54, 1.807) is 31.6 Å². The number of esters is 1. The first-order valence-electron chi connectivity index (χ1n) is 6.29. The van der Waals surface area contributed by atoms with Crippen LogP contribution < -0.4 is 0 Å². The molecule has 0 radical (unpaired) electrons. The number of hydrogen-bond acceptors (Lipinski definition) is 3. The maximum Gasteiger partial charge on any atom is 0.339 e. The first kappa shape index (κ1) is 14.3. The SMILES string of the molecule is CCOC(=O)c1ccc(/C=C/Cn2ccnc2)cc1Cl. The third-order valence-electron chi connectivity index (χ3n) is 2.67. The van der Waals surface area contributed by atoms with E-state index in [0.717, 1.165) is 12.1 Å². The summed E-state index contributed by atoms with van der Waals surface area (Å²) in [7, 11) is 0. The second-order valence-corrected chi connectivity index (χ2v) is 4.53. The van der Waals surface area contributed by atoms with Gasteiger partial charge < -0.3 is 9.30 Å². The zero-order valence-corrected chi connectivity index (χ0v) is 11.9. The van der Waals surface area contributed by atoms with E-state index in [9.17, 15) is 4.79 Å². The Morgan fingerprint density at radius 1 is 1.50 bits per heavy atom. The van der Waals surface area contributed by atoms with Crippen LogP contribution in [0.15, 0.2) is 43.0 Å². The van der Waals surface area contributed by atoms with E-state index in [1.807, 2.05) is 29.0 Å². The van der Waals surface area contributed by atoms with Crippen molar-refractivity contribution >= 4 is 23.6 Å². The molecule has 0 aliphatic carbocycles. The summed E-state index contributed by atoms with van der Waals surface area (Å²) in [5.74, 6) is -0.397. The molecule has 2 rings (SSSR count). The van der Waals surface area contributed by atoms with Gasteiger partial charge in [0.15, 0.2) is 0 Å². The zero-order valence-electron chi connectivity index (χ0n) is 11.1. The fraction of sp³-hybridized carbons (Fsp3) is 0.200. The molecule has 0 aliphatic heterocycles. The lowest BCUT2D eigenvalue weighted by molar-refractivity contribution is 0.0526. The summed E-state index contributed by atoms with van der Waals surface area (Å²) in [4.78, 5) is 15.6. The number of allylic oxidation sites excluding steroid dienone is 1. The predicted octanol–water partition coefficient (Wildman–Crippen LogP) is 3.43. The second-order valence-electron chi connectivity index (χ2n) is 4.12. The summed E-state index contributed by atoms with van der Waals surface area (Å²) in [5.41, 5.74) is 1.32. The van der Waals surface area contributed by atoms with Crippen molar-refractivity contribution in [2.45, 2.75) is 13.5 Å². The van der Waals surface area contributed by atoms with E-state index in [-0.39, 0.29) is 0 Å². The monoisotopic (exact) mass is 290 g/mol. The van der Waals surface area contributed by atoms with E-state index in [0.29, 0.717) is 17.2 Å². The predicted molar refractivity (Wildman–Crippen MR) is 78.7 cm³/mol. The molecule has 104 valence electrons. The van der Waals surface area contributed by atoms with Gasteiger partial charge in [0.05, 0.1) is 23.5 Å². The molecule has 0 saturated heterocycles. The second kappa shape index (κ2) is 6.91. The van der Waals surface area contributed by atoms with Gasteiger partial charge in [0, 0.05) is 18.9 Å². The molecular formula is C15H15ClN2O2. The Balaban J connectivity index is 2.05. The van der Waals surface area contributed by atoms with Crippen molar-refractivity contribution in [1.29, 1.82) is 0 Å². The van der Waals surface area contributed by atoms with Crippen LogP contribution in [-0.4, -0.2) is 22.1 Å². The van der Waals surface area contributed by atoms with E-state index in [4.69, 9.17) is 16.3 Å². The Hall–Kier alpha value is -2.07. The molecular weight excluding hydrogens is 276 g/mol. The van der Waals surface area contributed by atoms with E-state index in [1.165, 1.54) is 0 Å². The number of aromatic nitrogens is 2. The molecule has 1 aromatic heterocycles. The number of halogens is 1. The maximum absolute atomic E-state index is 11.6. The lowest BCUT2D eigenvalue weighted by Gasteiger charge is -2.04. The Morgan fingerprint density at radius 3 is 3.00 bits per heavy atom. The highest BCUT2D eigenvalue weighted by Crippen LogP contribution is 2.19. The molecule has 5 heteroatoms. The number of hydrogen-bond donors (Lipinski definition) is 0. The van der Waals surface area contributed by atoms with Crippen molar-refractivity contribution in [2.24, 2.45) is 0 Å². The largest absolute Gasteiger partial charge is 0.462 e. The molecule has 0 aliphatic rings. The molecule has 0 unspecified atom stereocenters. The topological polar surface area (TPSA) is 44.1 Å². The van der Waals surface area contributed by atoms with E-state index in [2.05, 4.69) is 4.98 Å². The minimum Gasteiger partial charge on any atom is -0.462 e. The van der Waals surface area contributed by atoms with Crippen LogP contribution in [0.25, 0.3) is 6.08 Å². The normalized spacial score (nSPS) is 10.9. The van der Waals surface area contributed by atoms with Crippen LogP contribution in [0.4, 0.5) is 0 Å². The molecule has 20 heavy (non-hydrogen) atoms. The smallest absolute Gasteiger partial charge is 0.339 e. The average molecular weight is 291 g/mol. The number of benzene rings is 1. The van der Waals surface area contributed by atoms with Gasteiger partial charge in [-0.3, -0.25) is 0 Å². The van der Waals surface area contributed by atoms with Crippen LogP contribution in [0.2, 0.25) is 5.02 Å². The summed E-state index contributed by atoms with van der Waals surface area (Å²) in [6.45, 7) is 2.83. The van der Waals surface area contributed by atoms with Crippen LogP contribution >= 0.6 is 11.6 Å². The lowest BCUT2D eigenvalue weighted by atomic mass is 10.1. The van der Waals surface area contributed by atoms with E-state index >= 15 is 0 Å². The van der Waals surface area contributed by atoms with Crippen LogP contribution in [0.3, 0.4) is 0 Å². The van der Waals surface area contributed by atoms with Crippen molar-refractivity contribution in [1.82, 2.24) is 9.55 Å². The standard InChI is InChI=1S/C15H15ClN2O2/c1-2-20-15(19)13-6-5-12(10-14(13)16)4-3-8-18-9-7-17-11-18/h3-7,9-11H,2,8H2,1H3/b4-3+. The van der Waals surface area contributed by atoms with Gasteiger partial charge in [0.2, 0.25) is 0 Å². The molecule has 0 atom stereocenters.